The van der Waals surface area contributed by atoms with E-state index in [0.29, 0.717) is 5.46 Å². The molecule has 1 aromatic rings. The van der Waals surface area contributed by atoms with Crippen LogP contribution in [0.15, 0.2) is 29.2 Å². The van der Waals surface area contributed by atoms with Crippen molar-refractivity contribution in [2.75, 3.05) is 5.75 Å². The summed E-state index contributed by atoms with van der Waals surface area (Å²) in [6.45, 7) is 2.17. The van der Waals surface area contributed by atoms with Crippen molar-refractivity contribution in [3.63, 3.8) is 0 Å². The van der Waals surface area contributed by atoms with Crippen LogP contribution in [-0.2, 0) is 0 Å². The number of rotatable bonds is 5. The first-order valence-corrected chi connectivity index (χ1v) is 5.81. The van der Waals surface area contributed by atoms with Crippen molar-refractivity contribution >= 4 is 24.3 Å². The largest absolute Gasteiger partial charge is 0.488 e. The maximum Gasteiger partial charge on any atom is 0.488 e. The van der Waals surface area contributed by atoms with Gasteiger partial charge in [-0.2, -0.15) is 0 Å². The van der Waals surface area contributed by atoms with E-state index in [2.05, 4.69) is 6.92 Å². The molecule has 0 bridgehead atoms. The summed E-state index contributed by atoms with van der Waals surface area (Å²) in [5.41, 5.74) is 0.546. The van der Waals surface area contributed by atoms with Gasteiger partial charge in [-0.15, -0.1) is 11.8 Å². The van der Waals surface area contributed by atoms with Gasteiger partial charge in [-0.1, -0.05) is 25.5 Å². The maximum atomic E-state index is 8.88. The Kier molecular flexibility index (Phi) is 5.08. The van der Waals surface area contributed by atoms with Gasteiger partial charge < -0.3 is 10.0 Å². The molecular formula is C10H15BO2S. The van der Waals surface area contributed by atoms with Crippen molar-refractivity contribution in [2.45, 2.75) is 24.7 Å². The van der Waals surface area contributed by atoms with Crippen LogP contribution >= 0.6 is 11.8 Å². The molecule has 76 valence electrons. The fourth-order valence-corrected chi connectivity index (χ4v) is 2.07. The van der Waals surface area contributed by atoms with Crippen LogP contribution in [0.5, 0.6) is 0 Å². The summed E-state index contributed by atoms with van der Waals surface area (Å²) in [6, 6.07) is 7.35. The van der Waals surface area contributed by atoms with E-state index in [1.54, 1.807) is 23.9 Å². The third kappa shape index (κ3) is 3.74. The molecule has 0 unspecified atom stereocenters. The Balaban J connectivity index is 2.47. The lowest BCUT2D eigenvalue weighted by Crippen LogP contribution is -2.29. The highest BCUT2D eigenvalue weighted by atomic mass is 32.2. The molecule has 2 N–H and O–H groups in total. The van der Waals surface area contributed by atoms with Crippen LogP contribution in [0, 0.1) is 0 Å². The maximum absolute atomic E-state index is 8.88. The molecule has 0 aromatic heterocycles. The number of hydrogen-bond donors (Lipinski definition) is 2. The van der Waals surface area contributed by atoms with E-state index in [-0.39, 0.29) is 0 Å². The SMILES string of the molecule is CCCCSc1ccc(B(O)O)cc1. The Hall–Kier alpha value is -0.445. The molecule has 0 aliphatic heterocycles. The van der Waals surface area contributed by atoms with Gasteiger partial charge in [-0.3, -0.25) is 0 Å². The van der Waals surface area contributed by atoms with E-state index in [4.69, 9.17) is 10.0 Å². The second kappa shape index (κ2) is 6.12. The number of thioether (sulfide) groups is 1. The molecule has 0 heterocycles. The van der Waals surface area contributed by atoms with Gasteiger partial charge in [-0.25, -0.2) is 0 Å². The number of hydrogen-bond acceptors (Lipinski definition) is 3. The van der Waals surface area contributed by atoms with E-state index < -0.39 is 7.12 Å². The zero-order chi connectivity index (χ0) is 10.4. The van der Waals surface area contributed by atoms with Gasteiger partial charge in [0.2, 0.25) is 0 Å². The topological polar surface area (TPSA) is 40.5 Å². The highest BCUT2D eigenvalue weighted by Gasteiger charge is 2.09. The number of unbranched alkanes of at least 4 members (excludes halogenated alkanes) is 1. The standard InChI is InChI=1S/C10H15BO2S/c1-2-3-8-14-10-6-4-9(5-7-10)11(12)13/h4-7,12-13H,2-3,8H2,1H3. The average molecular weight is 210 g/mol. The molecule has 0 aliphatic carbocycles. The third-order valence-electron chi connectivity index (χ3n) is 1.94. The van der Waals surface area contributed by atoms with Crippen LogP contribution in [0.3, 0.4) is 0 Å². The molecule has 0 saturated carbocycles. The molecule has 0 saturated heterocycles. The van der Waals surface area contributed by atoms with Crippen molar-refractivity contribution in [3.05, 3.63) is 24.3 Å². The Labute approximate surface area is 89.5 Å². The minimum atomic E-state index is -1.36. The number of benzene rings is 1. The summed E-state index contributed by atoms with van der Waals surface area (Å²) in [5, 5.41) is 17.8. The Morgan fingerprint density at radius 3 is 2.36 bits per heavy atom. The van der Waals surface area contributed by atoms with E-state index in [1.807, 2.05) is 12.1 Å². The van der Waals surface area contributed by atoms with E-state index in [9.17, 15) is 0 Å². The van der Waals surface area contributed by atoms with E-state index in [0.717, 1.165) is 5.75 Å². The summed E-state index contributed by atoms with van der Waals surface area (Å²) in [7, 11) is -1.36. The van der Waals surface area contributed by atoms with Crippen molar-refractivity contribution < 1.29 is 10.0 Å². The van der Waals surface area contributed by atoms with Crippen molar-refractivity contribution in [2.24, 2.45) is 0 Å². The second-order valence-electron chi connectivity index (χ2n) is 3.14. The van der Waals surface area contributed by atoms with Crippen molar-refractivity contribution in [1.29, 1.82) is 0 Å². The molecule has 0 radical (unpaired) electrons. The summed E-state index contributed by atoms with van der Waals surface area (Å²) in [4.78, 5) is 1.18. The molecule has 0 atom stereocenters. The highest BCUT2D eigenvalue weighted by molar-refractivity contribution is 7.99. The highest BCUT2D eigenvalue weighted by Crippen LogP contribution is 2.17. The van der Waals surface area contributed by atoms with Crippen LogP contribution in [0.25, 0.3) is 0 Å². The lowest BCUT2D eigenvalue weighted by atomic mass is 9.81. The lowest BCUT2D eigenvalue weighted by Gasteiger charge is -2.02. The van der Waals surface area contributed by atoms with Gasteiger partial charge in [0.1, 0.15) is 0 Å². The predicted molar refractivity (Wildman–Crippen MR) is 61.9 cm³/mol. The van der Waals surface area contributed by atoms with Crippen LogP contribution in [-0.4, -0.2) is 22.9 Å². The summed E-state index contributed by atoms with van der Waals surface area (Å²) >= 11 is 1.80. The van der Waals surface area contributed by atoms with Crippen molar-refractivity contribution in [1.82, 2.24) is 0 Å². The minimum absolute atomic E-state index is 0.546. The average Bonchev–Trinajstić information content (AvgIpc) is 2.19. The Morgan fingerprint density at radius 1 is 1.21 bits per heavy atom. The van der Waals surface area contributed by atoms with Crippen LogP contribution in [0.1, 0.15) is 19.8 Å². The molecule has 1 rings (SSSR count). The molecule has 0 fully saturated rings. The Morgan fingerprint density at radius 2 is 1.86 bits per heavy atom. The monoisotopic (exact) mass is 210 g/mol. The first kappa shape index (κ1) is 11.6. The quantitative estimate of drug-likeness (QED) is 0.436. The van der Waals surface area contributed by atoms with Gasteiger partial charge in [0, 0.05) is 4.90 Å². The minimum Gasteiger partial charge on any atom is -0.423 e. The Bertz CT molecular complexity index is 261. The zero-order valence-corrected chi connectivity index (χ0v) is 9.13. The van der Waals surface area contributed by atoms with Gasteiger partial charge in [-0.05, 0) is 29.8 Å². The van der Waals surface area contributed by atoms with Crippen LogP contribution < -0.4 is 5.46 Å². The summed E-state index contributed by atoms with van der Waals surface area (Å²) < 4.78 is 0. The molecule has 0 spiro atoms. The van der Waals surface area contributed by atoms with Crippen molar-refractivity contribution in [3.8, 4) is 0 Å². The van der Waals surface area contributed by atoms with Crippen LogP contribution in [0.4, 0.5) is 0 Å². The molecule has 0 amide bonds. The third-order valence-corrected chi connectivity index (χ3v) is 3.04. The molecule has 14 heavy (non-hydrogen) atoms. The van der Waals surface area contributed by atoms with Crippen LogP contribution in [0.2, 0.25) is 0 Å². The summed E-state index contributed by atoms with van der Waals surface area (Å²) in [5.74, 6) is 1.12. The zero-order valence-electron chi connectivity index (χ0n) is 8.31. The van der Waals surface area contributed by atoms with Gasteiger partial charge in [0.15, 0.2) is 0 Å². The predicted octanol–water partition coefficient (Wildman–Crippen LogP) is 1.26. The molecule has 0 aliphatic rings. The first-order chi connectivity index (χ1) is 6.74. The molecule has 4 heteroatoms. The smallest absolute Gasteiger partial charge is 0.423 e. The molecule has 1 aromatic carbocycles. The fourth-order valence-electron chi connectivity index (χ4n) is 1.07. The normalized spacial score (nSPS) is 10.2. The molecular weight excluding hydrogens is 195 g/mol. The summed E-state index contributed by atoms with van der Waals surface area (Å²) in [6.07, 6.45) is 2.43. The van der Waals surface area contributed by atoms with Gasteiger partial charge in [0.05, 0.1) is 0 Å². The lowest BCUT2D eigenvalue weighted by molar-refractivity contribution is 0.426. The second-order valence-corrected chi connectivity index (χ2v) is 4.31. The van der Waals surface area contributed by atoms with Gasteiger partial charge >= 0.3 is 7.12 Å². The fraction of sp³-hybridized carbons (Fsp3) is 0.400. The van der Waals surface area contributed by atoms with E-state index in [1.165, 1.54) is 17.7 Å². The molecule has 2 nitrogen and oxygen atoms in total. The van der Waals surface area contributed by atoms with Gasteiger partial charge in [0.25, 0.3) is 0 Å². The van der Waals surface area contributed by atoms with E-state index >= 15 is 0 Å². The first-order valence-electron chi connectivity index (χ1n) is 4.83.